The van der Waals surface area contributed by atoms with Crippen LogP contribution in [0.4, 0.5) is 5.69 Å². The Morgan fingerprint density at radius 3 is 2.70 bits per heavy atom. The van der Waals surface area contributed by atoms with E-state index in [1.54, 1.807) is 17.0 Å². The third-order valence-electron chi connectivity index (χ3n) is 4.79. The molecule has 2 heterocycles. The summed E-state index contributed by atoms with van der Waals surface area (Å²) in [5, 5.41) is 0. The molecule has 2 aliphatic rings. The van der Waals surface area contributed by atoms with Gasteiger partial charge in [-0.1, -0.05) is 6.07 Å². The van der Waals surface area contributed by atoms with E-state index >= 15 is 0 Å². The number of sulfonamides is 1. The van der Waals surface area contributed by atoms with Crippen LogP contribution in [-0.2, 0) is 21.2 Å². The number of carbonyl (C=O) groups is 1. The third-order valence-corrected chi connectivity index (χ3v) is 6.80. The summed E-state index contributed by atoms with van der Waals surface area (Å²) >= 11 is 0. The van der Waals surface area contributed by atoms with Gasteiger partial charge in [0.2, 0.25) is 15.9 Å². The minimum Gasteiger partial charge on any atom is -0.328 e. The van der Waals surface area contributed by atoms with E-state index in [2.05, 4.69) is 0 Å². The van der Waals surface area contributed by atoms with E-state index in [1.165, 1.54) is 11.2 Å². The molecule has 7 heteroatoms. The molecule has 6 nitrogen and oxygen atoms in total. The van der Waals surface area contributed by atoms with Gasteiger partial charge in [0.1, 0.15) is 0 Å². The van der Waals surface area contributed by atoms with Crippen molar-refractivity contribution in [3.05, 3.63) is 23.8 Å². The van der Waals surface area contributed by atoms with Crippen LogP contribution in [0.3, 0.4) is 0 Å². The Balaban J connectivity index is 1.95. The minimum absolute atomic E-state index is 0.0596. The summed E-state index contributed by atoms with van der Waals surface area (Å²) in [6.07, 6.45) is 2.11. The Kier molecular flexibility index (Phi) is 4.20. The first kappa shape index (κ1) is 16.4. The van der Waals surface area contributed by atoms with Gasteiger partial charge in [0.05, 0.1) is 4.90 Å². The number of rotatable bonds is 2. The smallest absolute Gasteiger partial charge is 0.243 e. The van der Waals surface area contributed by atoms with Crippen molar-refractivity contribution >= 4 is 21.6 Å². The van der Waals surface area contributed by atoms with Gasteiger partial charge < -0.3 is 10.6 Å². The fourth-order valence-electron chi connectivity index (χ4n) is 3.53. The van der Waals surface area contributed by atoms with E-state index in [0.717, 1.165) is 17.7 Å². The summed E-state index contributed by atoms with van der Waals surface area (Å²) in [7, 11) is -3.57. The molecule has 2 aliphatic heterocycles. The average molecular weight is 337 g/mol. The zero-order valence-electron chi connectivity index (χ0n) is 13.5. The molecule has 0 saturated carbocycles. The summed E-state index contributed by atoms with van der Waals surface area (Å²) in [5.74, 6) is -0.0596. The number of piperidine rings is 1. The predicted octanol–water partition coefficient (Wildman–Crippen LogP) is 1.10. The van der Waals surface area contributed by atoms with E-state index in [1.807, 2.05) is 13.0 Å². The number of amides is 1. The topological polar surface area (TPSA) is 83.7 Å². The van der Waals surface area contributed by atoms with Crippen molar-refractivity contribution in [1.29, 1.82) is 0 Å². The fourth-order valence-corrected chi connectivity index (χ4v) is 5.20. The molecule has 3 rings (SSSR count). The molecular formula is C16H23N3O3S. The maximum Gasteiger partial charge on any atom is 0.243 e. The quantitative estimate of drug-likeness (QED) is 0.876. The number of nitrogens with two attached hydrogens (primary N) is 1. The van der Waals surface area contributed by atoms with Gasteiger partial charge in [-0.2, -0.15) is 4.31 Å². The predicted molar refractivity (Wildman–Crippen MR) is 88.7 cm³/mol. The van der Waals surface area contributed by atoms with Gasteiger partial charge in [0, 0.05) is 37.8 Å². The van der Waals surface area contributed by atoms with E-state index < -0.39 is 10.0 Å². The Morgan fingerprint density at radius 1 is 1.30 bits per heavy atom. The van der Waals surface area contributed by atoms with Crippen LogP contribution in [0.5, 0.6) is 0 Å². The Labute approximate surface area is 137 Å². The van der Waals surface area contributed by atoms with Crippen LogP contribution in [0.15, 0.2) is 23.1 Å². The average Bonchev–Trinajstić information content (AvgIpc) is 2.89. The Hall–Kier alpha value is -1.44. The zero-order chi connectivity index (χ0) is 16.8. The highest BCUT2D eigenvalue weighted by atomic mass is 32.2. The van der Waals surface area contributed by atoms with Crippen LogP contribution in [0.2, 0.25) is 0 Å². The minimum atomic E-state index is -3.57. The van der Waals surface area contributed by atoms with Crippen LogP contribution in [0.25, 0.3) is 0 Å². The number of benzene rings is 1. The number of hydrogen-bond donors (Lipinski definition) is 1. The fraction of sp³-hybridized carbons (Fsp3) is 0.562. The molecule has 1 aromatic rings. The summed E-state index contributed by atoms with van der Waals surface area (Å²) in [6, 6.07) is 5.07. The molecule has 1 saturated heterocycles. The number of anilines is 1. The summed E-state index contributed by atoms with van der Waals surface area (Å²) in [4.78, 5) is 13.6. The van der Waals surface area contributed by atoms with Gasteiger partial charge in [0.25, 0.3) is 0 Å². The molecular weight excluding hydrogens is 314 g/mol. The first-order valence-corrected chi connectivity index (χ1v) is 9.43. The highest BCUT2D eigenvalue weighted by Gasteiger charge is 2.34. The van der Waals surface area contributed by atoms with Gasteiger partial charge >= 0.3 is 0 Å². The maximum absolute atomic E-state index is 13.0. The standard InChI is InChI=1S/C16H23N3O3S/c1-11-9-14(17)6-8-19(11)23(21,22)15-4-3-13-5-7-18(12(2)20)16(13)10-15/h3-4,10-11,14H,5-9,17H2,1-2H3/t11-,14+/m1/s1. The molecule has 0 aromatic heterocycles. The second kappa shape index (κ2) is 5.89. The van der Waals surface area contributed by atoms with Crippen LogP contribution in [0, 0.1) is 0 Å². The molecule has 2 atom stereocenters. The Bertz CT molecular complexity index is 732. The monoisotopic (exact) mass is 337 g/mol. The van der Waals surface area contributed by atoms with Crippen LogP contribution >= 0.6 is 0 Å². The number of carbonyl (C=O) groups excluding carboxylic acids is 1. The van der Waals surface area contributed by atoms with Crippen LogP contribution in [-0.4, -0.2) is 43.8 Å². The van der Waals surface area contributed by atoms with Crippen molar-refractivity contribution in [3.8, 4) is 0 Å². The van der Waals surface area contributed by atoms with Crippen molar-refractivity contribution in [2.24, 2.45) is 5.73 Å². The zero-order valence-corrected chi connectivity index (χ0v) is 14.3. The first-order chi connectivity index (χ1) is 10.8. The molecule has 1 amide bonds. The van der Waals surface area contributed by atoms with Gasteiger partial charge in [-0.05, 0) is 43.9 Å². The van der Waals surface area contributed by atoms with Gasteiger partial charge in [-0.25, -0.2) is 8.42 Å². The molecule has 126 valence electrons. The van der Waals surface area contributed by atoms with Crippen LogP contribution in [0.1, 0.15) is 32.3 Å². The van der Waals surface area contributed by atoms with E-state index in [-0.39, 0.29) is 22.9 Å². The largest absolute Gasteiger partial charge is 0.328 e. The summed E-state index contributed by atoms with van der Waals surface area (Å²) in [6.45, 7) is 4.46. The van der Waals surface area contributed by atoms with Crippen molar-refractivity contribution in [2.45, 2.75) is 50.1 Å². The lowest BCUT2D eigenvalue weighted by molar-refractivity contribution is -0.116. The van der Waals surface area contributed by atoms with Gasteiger partial charge in [0.15, 0.2) is 0 Å². The maximum atomic E-state index is 13.0. The molecule has 1 aromatic carbocycles. The lowest BCUT2D eigenvalue weighted by atomic mass is 10.0. The highest BCUT2D eigenvalue weighted by Crippen LogP contribution is 2.33. The lowest BCUT2D eigenvalue weighted by Crippen LogP contribution is -2.48. The molecule has 0 bridgehead atoms. The lowest BCUT2D eigenvalue weighted by Gasteiger charge is -2.35. The number of hydrogen-bond acceptors (Lipinski definition) is 4. The molecule has 0 radical (unpaired) electrons. The van der Waals surface area contributed by atoms with E-state index in [0.29, 0.717) is 25.9 Å². The molecule has 2 N–H and O–H groups in total. The molecule has 0 unspecified atom stereocenters. The second-order valence-corrected chi connectivity index (χ2v) is 8.35. The summed E-state index contributed by atoms with van der Waals surface area (Å²) in [5.41, 5.74) is 7.67. The third kappa shape index (κ3) is 2.88. The van der Waals surface area contributed by atoms with E-state index in [4.69, 9.17) is 5.73 Å². The van der Waals surface area contributed by atoms with Crippen LogP contribution < -0.4 is 10.6 Å². The molecule has 23 heavy (non-hydrogen) atoms. The van der Waals surface area contributed by atoms with Crippen molar-refractivity contribution in [1.82, 2.24) is 4.31 Å². The van der Waals surface area contributed by atoms with Gasteiger partial charge in [-0.15, -0.1) is 0 Å². The number of nitrogens with zero attached hydrogens (tertiary/aromatic N) is 2. The molecule has 1 fully saturated rings. The SMILES string of the molecule is CC(=O)N1CCc2ccc(S(=O)(=O)N3CC[C@H](N)C[C@H]3C)cc21. The second-order valence-electron chi connectivity index (χ2n) is 6.46. The van der Waals surface area contributed by atoms with Crippen molar-refractivity contribution < 1.29 is 13.2 Å². The normalized spacial score (nSPS) is 25.4. The number of fused-ring (bicyclic) bond motifs is 1. The molecule has 0 aliphatic carbocycles. The molecule has 0 spiro atoms. The van der Waals surface area contributed by atoms with Crippen molar-refractivity contribution in [2.75, 3.05) is 18.0 Å². The Morgan fingerprint density at radius 2 is 2.04 bits per heavy atom. The van der Waals surface area contributed by atoms with Crippen molar-refractivity contribution in [3.63, 3.8) is 0 Å². The van der Waals surface area contributed by atoms with E-state index in [9.17, 15) is 13.2 Å². The highest BCUT2D eigenvalue weighted by molar-refractivity contribution is 7.89. The first-order valence-electron chi connectivity index (χ1n) is 7.99. The summed E-state index contributed by atoms with van der Waals surface area (Å²) < 4.78 is 27.5. The van der Waals surface area contributed by atoms with Gasteiger partial charge in [-0.3, -0.25) is 4.79 Å².